The summed E-state index contributed by atoms with van der Waals surface area (Å²) in [6, 6.07) is 11.9. The standard InChI is InChI=1S/C18H14Cl2N4O2S/c19-15-6-3-12(7-16(15)20)11-1-4-14(5-2-11)27(25,26)24-9-13-8-22-18(21)23-17(13)10-24/h1-8H,9-10H2,(H2,21,22,23). The third kappa shape index (κ3) is 3.39. The number of nitrogens with two attached hydrogens (primary N) is 1. The zero-order valence-corrected chi connectivity index (χ0v) is 16.3. The minimum Gasteiger partial charge on any atom is -0.368 e. The van der Waals surface area contributed by atoms with Crippen molar-refractivity contribution in [1.29, 1.82) is 0 Å². The van der Waals surface area contributed by atoms with Gasteiger partial charge in [-0.3, -0.25) is 0 Å². The first-order chi connectivity index (χ1) is 12.8. The first kappa shape index (κ1) is 18.2. The summed E-state index contributed by atoms with van der Waals surface area (Å²) in [5, 5.41) is 0.915. The van der Waals surface area contributed by atoms with E-state index in [4.69, 9.17) is 28.9 Å². The molecule has 4 rings (SSSR count). The molecular weight excluding hydrogens is 407 g/mol. The zero-order chi connectivity index (χ0) is 19.2. The number of hydrogen-bond acceptors (Lipinski definition) is 5. The minimum atomic E-state index is -3.66. The molecule has 3 aromatic rings. The van der Waals surface area contributed by atoms with Crippen LogP contribution in [0.3, 0.4) is 0 Å². The molecule has 0 aliphatic carbocycles. The summed E-state index contributed by atoms with van der Waals surface area (Å²) in [5.41, 5.74) is 8.68. The summed E-state index contributed by atoms with van der Waals surface area (Å²) in [5.74, 6) is 0.138. The van der Waals surface area contributed by atoms with Crippen molar-refractivity contribution in [2.45, 2.75) is 18.0 Å². The quantitative estimate of drug-likeness (QED) is 0.696. The highest BCUT2D eigenvalue weighted by molar-refractivity contribution is 7.89. The van der Waals surface area contributed by atoms with Crippen molar-refractivity contribution < 1.29 is 8.42 Å². The van der Waals surface area contributed by atoms with Crippen molar-refractivity contribution >= 4 is 39.2 Å². The van der Waals surface area contributed by atoms with E-state index in [1.54, 1.807) is 42.6 Å². The van der Waals surface area contributed by atoms with Gasteiger partial charge in [0.1, 0.15) is 0 Å². The van der Waals surface area contributed by atoms with Crippen molar-refractivity contribution in [3.63, 3.8) is 0 Å². The Kier molecular flexibility index (Phi) is 4.55. The summed E-state index contributed by atoms with van der Waals surface area (Å²) in [4.78, 5) is 8.25. The van der Waals surface area contributed by atoms with Crippen LogP contribution < -0.4 is 5.73 Å². The molecule has 9 heteroatoms. The van der Waals surface area contributed by atoms with Crippen LogP contribution in [0.4, 0.5) is 5.95 Å². The SMILES string of the molecule is Nc1ncc2c(n1)CN(S(=O)(=O)c1ccc(-c3ccc(Cl)c(Cl)c3)cc1)C2. The maximum absolute atomic E-state index is 12.9. The van der Waals surface area contributed by atoms with Gasteiger partial charge in [-0.1, -0.05) is 41.4 Å². The lowest BCUT2D eigenvalue weighted by Crippen LogP contribution is -2.25. The van der Waals surface area contributed by atoms with Crippen molar-refractivity contribution in [3.8, 4) is 11.1 Å². The van der Waals surface area contributed by atoms with Crippen LogP contribution in [-0.4, -0.2) is 22.7 Å². The van der Waals surface area contributed by atoms with Gasteiger partial charge in [0, 0.05) is 18.3 Å². The lowest BCUT2D eigenvalue weighted by atomic mass is 10.1. The van der Waals surface area contributed by atoms with Crippen LogP contribution in [0.2, 0.25) is 10.0 Å². The molecule has 2 heterocycles. The number of fused-ring (bicyclic) bond motifs is 1. The third-order valence-corrected chi connectivity index (χ3v) is 6.94. The molecule has 1 aliphatic rings. The Bertz CT molecular complexity index is 1130. The smallest absolute Gasteiger partial charge is 0.243 e. The molecule has 2 N–H and O–H groups in total. The first-order valence-electron chi connectivity index (χ1n) is 8.00. The van der Waals surface area contributed by atoms with Gasteiger partial charge in [-0.25, -0.2) is 18.4 Å². The second kappa shape index (κ2) is 6.76. The molecule has 0 unspecified atom stereocenters. The molecule has 0 saturated heterocycles. The minimum absolute atomic E-state index is 0.138. The molecule has 0 spiro atoms. The Hall–Kier alpha value is -2.19. The highest BCUT2D eigenvalue weighted by Crippen LogP contribution is 2.31. The number of nitrogen functional groups attached to an aromatic ring is 1. The van der Waals surface area contributed by atoms with E-state index in [9.17, 15) is 8.42 Å². The van der Waals surface area contributed by atoms with Gasteiger partial charge < -0.3 is 5.73 Å². The number of benzene rings is 2. The molecule has 0 bridgehead atoms. The van der Waals surface area contributed by atoms with Crippen molar-refractivity contribution in [1.82, 2.24) is 14.3 Å². The molecule has 0 amide bonds. The lowest BCUT2D eigenvalue weighted by molar-refractivity contribution is 0.430. The monoisotopic (exact) mass is 420 g/mol. The normalized spacial score (nSPS) is 14.3. The third-order valence-electron chi connectivity index (χ3n) is 4.39. The van der Waals surface area contributed by atoms with Crippen LogP contribution in [-0.2, 0) is 23.1 Å². The average molecular weight is 421 g/mol. The summed E-state index contributed by atoms with van der Waals surface area (Å²) < 4.78 is 27.2. The summed E-state index contributed by atoms with van der Waals surface area (Å²) in [7, 11) is -3.66. The highest BCUT2D eigenvalue weighted by atomic mass is 35.5. The van der Waals surface area contributed by atoms with Gasteiger partial charge in [-0.05, 0) is 35.4 Å². The van der Waals surface area contributed by atoms with Gasteiger partial charge >= 0.3 is 0 Å². The largest absolute Gasteiger partial charge is 0.368 e. The van der Waals surface area contributed by atoms with E-state index < -0.39 is 10.0 Å². The number of rotatable bonds is 3. The van der Waals surface area contributed by atoms with Gasteiger partial charge in [0.2, 0.25) is 16.0 Å². The Morgan fingerprint density at radius 1 is 0.963 bits per heavy atom. The molecule has 0 atom stereocenters. The van der Waals surface area contributed by atoms with E-state index in [-0.39, 0.29) is 23.9 Å². The number of anilines is 1. The fraction of sp³-hybridized carbons (Fsp3) is 0.111. The summed E-state index contributed by atoms with van der Waals surface area (Å²) in [6.07, 6.45) is 1.57. The molecule has 0 fully saturated rings. The molecule has 138 valence electrons. The zero-order valence-electron chi connectivity index (χ0n) is 13.9. The summed E-state index contributed by atoms with van der Waals surface area (Å²) in [6.45, 7) is 0.408. The summed E-state index contributed by atoms with van der Waals surface area (Å²) >= 11 is 12.0. The second-order valence-corrected chi connectivity index (χ2v) is 8.88. The molecule has 1 aromatic heterocycles. The average Bonchev–Trinajstić information content (AvgIpc) is 3.08. The number of sulfonamides is 1. The van der Waals surface area contributed by atoms with Crippen LogP contribution in [0.5, 0.6) is 0 Å². The van der Waals surface area contributed by atoms with Gasteiger partial charge in [-0.15, -0.1) is 0 Å². The molecule has 2 aromatic carbocycles. The Morgan fingerprint density at radius 2 is 1.67 bits per heavy atom. The van der Waals surface area contributed by atoms with Gasteiger partial charge in [-0.2, -0.15) is 4.31 Å². The molecular formula is C18H14Cl2N4O2S. The van der Waals surface area contributed by atoms with E-state index in [1.807, 2.05) is 6.07 Å². The van der Waals surface area contributed by atoms with Crippen molar-refractivity contribution in [2.24, 2.45) is 0 Å². The van der Waals surface area contributed by atoms with E-state index in [1.165, 1.54) is 4.31 Å². The fourth-order valence-electron chi connectivity index (χ4n) is 2.95. The van der Waals surface area contributed by atoms with Crippen LogP contribution in [0, 0.1) is 0 Å². The van der Waals surface area contributed by atoms with Gasteiger partial charge in [0.25, 0.3) is 0 Å². The number of hydrogen-bond donors (Lipinski definition) is 1. The highest BCUT2D eigenvalue weighted by Gasteiger charge is 2.31. The van der Waals surface area contributed by atoms with Gasteiger partial charge in [0.05, 0.1) is 27.2 Å². The van der Waals surface area contributed by atoms with Crippen LogP contribution in [0.15, 0.2) is 53.6 Å². The van der Waals surface area contributed by atoms with Crippen LogP contribution >= 0.6 is 23.2 Å². The van der Waals surface area contributed by atoms with Crippen LogP contribution in [0.1, 0.15) is 11.3 Å². The Balaban J connectivity index is 1.61. The number of aromatic nitrogens is 2. The second-order valence-electron chi connectivity index (χ2n) is 6.13. The molecule has 0 radical (unpaired) electrons. The van der Waals surface area contributed by atoms with E-state index in [2.05, 4.69) is 9.97 Å². The first-order valence-corrected chi connectivity index (χ1v) is 10.2. The lowest BCUT2D eigenvalue weighted by Gasteiger charge is -2.15. The van der Waals surface area contributed by atoms with E-state index >= 15 is 0 Å². The topological polar surface area (TPSA) is 89.2 Å². The predicted molar refractivity (Wildman–Crippen MR) is 105 cm³/mol. The fourth-order valence-corrected chi connectivity index (χ4v) is 4.63. The molecule has 0 saturated carbocycles. The van der Waals surface area contributed by atoms with E-state index in [0.29, 0.717) is 15.7 Å². The maximum atomic E-state index is 12.9. The van der Waals surface area contributed by atoms with Crippen molar-refractivity contribution in [3.05, 3.63) is 70.0 Å². The predicted octanol–water partition coefficient (Wildman–Crippen LogP) is 3.74. The number of halogens is 2. The Labute approximate surface area is 166 Å². The Morgan fingerprint density at radius 3 is 2.37 bits per heavy atom. The number of nitrogens with zero attached hydrogens (tertiary/aromatic N) is 3. The maximum Gasteiger partial charge on any atom is 0.243 e. The van der Waals surface area contributed by atoms with Crippen molar-refractivity contribution in [2.75, 3.05) is 5.73 Å². The molecule has 27 heavy (non-hydrogen) atoms. The molecule has 6 nitrogen and oxygen atoms in total. The van der Waals surface area contributed by atoms with Gasteiger partial charge in [0.15, 0.2) is 0 Å². The van der Waals surface area contributed by atoms with Crippen LogP contribution in [0.25, 0.3) is 11.1 Å². The van der Waals surface area contributed by atoms with E-state index in [0.717, 1.165) is 16.7 Å². The molecule has 1 aliphatic heterocycles.